The van der Waals surface area contributed by atoms with Crippen LogP contribution in [-0.4, -0.2) is 38.8 Å². The van der Waals surface area contributed by atoms with Gasteiger partial charge in [0.05, 0.1) is 33.0 Å². The van der Waals surface area contributed by atoms with Crippen LogP contribution in [0.2, 0.25) is 0 Å². The van der Waals surface area contributed by atoms with E-state index in [1.807, 2.05) is 27.7 Å². The van der Waals surface area contributed by atoms with Gasteiger partial charge >= 0.3 is 0 Å². The summed E-state index contributed by atoms with van der Waals surface area (Å²) < 4.78 is 10.3. The number of ketones is 1. The van der Waals surface area contributed by atoms with Crippen molar-refractivity contribution < 1.29 is 19.1 Å². The zero-order chi connectivity index (χ0) is 13.5. The molecule has 0 aliphatic carbocycles. The third-order valence-electron chi connectivity index (χ3n) is 1.85. The molecule has 5 nitrogen and oxygen atoms in total. The van der Waals surface area contributed by atoms with Gasteiger partial charge in [-0.15, -0.1) is 0 Å². The summed E-state index contributed by atoms with van der Waals surface area (Å²) in [4.78, 5) is 15.5. The smallest absolute Gasteiger partial charge is 0.137 e. The molecule has 0 amide bonds. The summed E-state index contributed by atoms with van der Waals surface area (Å²) in [6, 6.07) is 0. The average molecular weight is 249 g/mol. The first-order valence-electron chi connectivity index (χ1n) is 6.18. The lowest BCUT2D eigenvalue weighted by Crippen LogP contribution is -2.14. The summed E-state index contributed by atoms with van der Waals surface area (Å²) in [6.07, 6.45) is 0.476. The Kier molecular flexibility index (Phi) is 17.2. The van der Waals surface area contributed by atoms with Crippen molar-refractivity contribution in [2.45, 2.75) is 34.1 Å². The highest BCUT2D eigenvalue weighted by molar-refractivity contribution is 5.80. The Bertz CT molecular complexity index is 163. The topological polar surface area (TPSA) is 70.8 Å². The number of ether oxygens (including phenoxy) is 2. The molecule has 0 saturated heterocycles. The zero-order valence-corrected chi connectivity index (χ0v) is 11.5. The maximum absolute atomic E-state index is 11.2. The lowest BCUT2D eigenvalue weighted by molar-refractivity contribution is -0.123. The second-order valence-corrected chi connectivity index (χ2v) is 3.47. The van der Waals surface area contributed by atoms with Crippen molar-refractivity contribution in [1.29, 1.82) is 0 Å². The highest BCUT2D eigenvalue weighted by atomic mass is 16.6. The van der Waals surface area contributed by atoms with E-state index in [1.165, 1.54) is 0 Å². The molecule has 2 N–H and O–H groups in total. The van der Waals surface area contributed by atoms with Gasteiger partial charge in [-0.3, -0.25) is 4.79 Å². The lowest BCUT2D eigenvalue weighted by Gasteiger charge is -2.06. The minimum Gasteiger partial charge on any atom is -0.379 e. The van der Waals surface area contributed by atoms with Gasteiger partial charge in [0.2, 0.25) is 0 Å². The molecular weight excluding hydrogens is 222 g/mol. The van der Waals surface area contributed by atoms with Crippen molar-refractivity contribution in [3.8, 4) is 0 Å². The molecule has 104 valence electrons. The molecule has 0 unspecified atom stereocenters. The normalized spacial score (nSPS) is 10.0. The number of nitrogens with two attached hydrogens (primary N) is 1. The van der Waals surface area contributed by atoms with E-state index >= 15 is 0 Å². The summed E-state index contributed by atoms with van der Waals surface area (Å²) in [6.45, 7) is 10.1. The van der Waals surface area contributed by atoms with Crippen molar-refractivity contribution in [2.24, 2.45) is 11.8 Å². The maximum atomic E-state index is 11.2. The molecule has 0 aromatic rings. The Morgan fingerprint density at radius 1 is 1.00 bits per heavy atom. The van der Waals surface area contributed by atoms with Gasteiger partial charge in [0.25, 0.3) is 0 Å². The highest BCUT2D eigenvalue weighted by Gasteiger charge is 2.05. The molecule has 0 rings (SSSR count). The molecule has 0 atom stereocenters. The van der Waals surface area contributed by atoms with Gasteiger partial charge in [0, 0.05) is 12.3 Å². The first-order valence-corrected chi connectivity index (χ1v) is 6.18. The predicted octanol–water partition coefficient (Wildman–Crippen LogP) is 1.55. The van der Waals surface area contributed by atoms with Crippen LogP contribution in [-0.2, 0) is 19.1 Å². The van der Waals surface area contributed by atoms with Gasteiger partial charge in [0.1, 0.15) is 5.78 Å². The van der Waals surface area contributed by atoms with Gasteiger partial charge in [0.15, 0.2) is 0 Å². The largest absolute Gasteiger partial charge is 0.379 e. The Balaban J connectivity index is 0. The summed E-state index contributed by atoms with van der Waals surface area (Å²) in [5.41, 5.74) is 0. The fourth-order valence-electron chi connectivity index (χ4n) is 0.890. The highest BCUT2D eigenvalue weighted by Crippen LogP contribution is 1.98. The number of Topliss-reactive ketones (excluding diaryl/α,β-unsaturated/α-hetero) is 1. The summed E-state index contributed by atoms with van der Waals surface area (Å²) in [7, 11) is 0. The summed E-state index contributed by atoms with van der Waals surface area (Å²) in [5, 5.41) is 0. The van der Waals surface area contributed by atoms with Crippen molar-refractivity contribution in [3.63, 3.8) is 0 Å². The molecule has 0 radical (unpaired) electrons. The minimum absolute atomic E-state index is 0.0894. The summed E-state index contributed by atoms with van der Waals surface area (Å²) >= 11 is 0. The quantitative estimate of drug-likeness (QED) is 0.470. The van der Waals surface area contributed by atoms with Crippen LogP contribution in [0.5, 0.6) is 0 Å². The monoisotopic (exact) mass is 249 g/mol. The van der Waals surface area contributed by atoms with E-state index < -0.39 is 0 Å². The first kappa shape index (κ1) is 18.9. The fourth-order valence-corrected chi connectivity index (χ4v) is 0.890. The zero-order valence-electron chi connectivity index (χ0n) is 11.5. The Morgan fingerprint density at radius 2 is 1.47 bits per heavy atom. The molecule has 0 aromatic carbocycles. The predicted molar refractivity (Wildman–Crippen MR) is 67.6 cm³/mol. The van der Waals surface area contributed by atoms with Crippen LogP contribution in [0.4, 0.5) is 0 Å². The van der Waals surface area contributed by atoms with Gasteiger partial charge in [-0.25, -0.2) is 5.90 Å². The van der Waals surface area contributed by atoms with Crippen molar-refractivity contribution in [3.05, 3.63) is 0 Å². The van der Waals surface area contributed by atoms with E-state index in [-0.39, 0.29) is 11.7 Å². The molecule has 0 aliphatic rings. The SMILES string of the molecule is CC.CC(C)C(=O)CCOCCOCCON. The standard InChI is InChI=1S/C10H21NO4.C2H6/c1-9(2)10(12)3-4-13-5-6-14-7-8-15-11;1-2/h9H,3-8,11H2,1-2H3;1-2H3. The van der Waals surface area contributed by atoms with Crippen LogP contribution in [0.25, 0.3) is 0 Å². The van der Waals surface area contributed by atoms with E-state index in [0.29, 0.717) is 39.5 Å². The van der Waals surface area contributed by atoms with E-state index in [1.54, 1.807) is 0 Å². The van der Waals surface area contributed by atoms with Gasteiger partial charge < -0.3 is 14.3 Å². The van der Waals surface area contributed by atoms with Crippen LogP contribution in [0.3, 0.4) is 0 Å². The maximum Gasteiger partial charge on any atom is 0.137 e. The third-order valence-corrected chi connectivity index (χ3v) is 1.85. The molecule has 0 saturated carbocycles. The van der Waals surface area contributed by atoms with E-state index in [9.17, 15) is 4.79 Å². The molecule has 0 heterocycles. The van der Waals surface area contributed by atoms with Crippen LogP contribution in [0.15, 0.2) is 0 Å². The minimum atomic E-state index is 0.0894. The molecule has 0 fully saturated rings. The molecule has 0 spiro atoms. The second kappa shape index (κ2) is 15.5. The second-order valence-electron chi connectivity index (χ2n) is 3.47. The molecule has 0 bridgehead atoms. The molecule has 0 aromatic heterocycles. The number of carbonyl (C=O) groups excluding carboxylic acids is 1. The van der Waals surface area contributed by atoms with Crippen LogP contribution in [0.1, 0.15) is 34.1 Å². The van der Waals surface area contributed by atoms with Crippen LogP contribution < -0.4 is 5.90 Å². The number of rotatable bonds is 10. The Labute approximate surface area is 105 Å². The fraction of sp³-hybridized carbons (Fsp3) is 0.917. The molecule has 17 heavy (non-hydrogen) atoms. The Morgan fingerprint density at radius 3 is 1.94 bits per heavy atom. The lowest BCUT2D eigenvalue weighted by atomic mass is 10.1. The van der Waals surface area contributed by atoms with E-state index in [0.717, 1.165) is 0 Å². The van der Waals surface area contributed by atoms with Crippen LogP contribution >= 0.6 is 0 Å². The van der Waals surface area contributed by atoms with Crippen molar-refractivity contribution >= 4 is 5.78 Å². The molecular formula is C12H27NO4. The van der Waals surface area contributed by atoms with E-state index in [2.05, 4.69) is 4.84 Å². The molecule has 5 heteroatoms. The van der Waals surface area contributed by atoms with Gasteiger partial charge in [-0.1, -0.05) is 27.7 Å². The Hall–Kier alpha value is -0.490. The average Bonchev–Trinajstić information content (AvgIpc) is 2.34. The first-order chi connectivity index (χ1) is 8.18. The van der Waals surface area contributed by atoms with Gasteiger partial charge in [-0.05, 0) is 0 Å². The van der Waals surface area contributed by atoms with Gasteiger partial charge in [-0.2, -0.15) is 0 Å². The molecule has 0 aliphatic heterocycles. The number of hydrogen-bond acceptors (Lipinski definition) is 5. The van der Waals surface area contributed by atoms with Crippen LogP contribution in [0, 0.1) is 5.92 Å². The van der Waals surface area contributed by atoms with E-state index in [4.69, 9.17) is 15.4 Å². The number of carbonyl (C=O) groups is 1. The summed E-state index contributed by atoms with van der Waals surface area (Å²) in [5.74, 6) is 5.12. The van der Waals surface area contributed by atoms with Crippen molar-refractivity contribution in [2.75, 3.05) is 33.0 Å². The third kappa shape index (κ3) is 15.5. The number of hydrogen-bond donors (Lipinski definition) is 1. The van der Waals surface area contributed by atoms with Crippen molar-refractivity contribution in [1.82, 2.24) is 0 Å².